The molecular weight excluding hydrogens is 281 g/mol. The van der Waals surface area contributed by atoms with Gasteiger partial charge in [0.25, 0.3) is 0 Å². The molecule has 0 saturated heterocycles. The molecule has 18 heavy (non-hydrogen) atoms. The maximum Gasteiger partial charge on any atom is 0.311 e. The minimum atomic E-state index is -0.580. The fraction of sp³-hybridized carbons (Fsp3) is 0. The number of hydrogen-bond donors (Lipinski definition) is 0. The van der Waals surface area contributed by atoms with Crippen LogP contribution < -0.4 is 4.74 Å². The first-order valence-electron chi connectivity index (χ1n) is 4.65. The summed E-state index contributed by atoms with van der Waals surface area (Å²) in [5.41, 5.74) is -0.221. The zero-order valence-electron chi connectivity index (χ0n) is 8.71. The summed E-state index contributed by atoms with van der Waals surface area (Å²) in [6, 6.07) is 3.97. The van der Waals surface area contributed by atoms with Crippen molar-refractivity contribution in [3.63, 3.8) is 0 Å². The molecule has 0 radical (unpaired) electrons. The second-order valence-corrected chi connectivity index (χ2v) is 3.97. The first-order chi connectivity index (χ1) is 8.56. The number of nitro groups is 1. The average molecular weight is 286 g/mol. The van der Waals surface area contributed by atoms with Crippen molar-refractivity contribution in [3.05, 3.63) is 50.9 Å². The van der Waals surface area contributed by atoms with Crippen LogP contribution in [0.2, 0.25) is 10.2 Å². The highest BCUT2D eigenvalue weighted by molar-refractivity contribution is 6.30. The van der Waals surface area contributed by atoms with Gasteiger partial charge in [-0.05, 0) is 6.07 Å². The van der Waals surface area contributed by atoms with E-state index in [9.17, 15) is 10.1 Å². The molecule has 0 unspecified atom stereocenters. The Kier molecular flexibility index (Phi) is 3.59. The van der Waals surface area contributed by atoms with Gasteiger partial charge in [0.15, 0.2) is 5.15 Å². The van der Waals surface area contributed by atoms with Gasteiger partial charge in [-0.15, -0.1) is 0 Å². The summed E-state index contributed by atoms with van der Waals surface area (Å²) < 4.78 is 5.25. The lowest BCUT2D eigenvalue weighted by Gasteiger charge is -2.05. The van der Waals surface area contributed by atoms with Gasteiger partial charge < -0.3 is 4.74 Å². The summed E-state index contributed by atoms with van der Waals surface area (Å²) in [4.78, 5) is 17.8. The van der Waals surface area contributed by atoms with E-state index >= 15 is 0 Å². The molecule has 1 aromatic carbocycles. The molecule has 1 heterocycles. The lowest BCUT2D eigenvalue weighted by Crippen LogP contribution is -1.95. The lowest BCUT2D eigenvalue weighted by molar-refractivity contribution is -0.385. The molecule has 2 rings (SSSR count). The molecular formula is C10H5Cl2N3O3. The average Bonchev–Trinajstić information content (AvgIpc) is 2.28. The minimum absolute atomic E-state index is 0.0240. The number of nitro benzene ring substituents is 1. The van der Waals surface area contributed by atoms with E-state index in [1.54, 1.807) is 0 Å². The first kappa shape index (κ1) is 12.5. The van der Waals surface area contributed by atoms with Crippen LogP contribution in [-0.2, 0) is 0 Å². The van der Waals surface area contributed by atoms with Gasteiger partial charge in [0.1, 0.15) is 0 Å². The fourth-order valence-corrected chi connectivity index (χ4v) is 1.51. The smallest absolute Gasteiger partial charge is 0.311 e. The monoisotopic (exact) mass is 285 g/mol. The van der Waals surface area contributed by atoms with Crippen LogP contribution in [0.4, 0.5) is 5.69 Å². The van der Waals surface area contributed by atoms with Crippen molar-refractivity contribution in [3.8, 4) is 11.6 Å². The Bertz CT molecular complexity index is 607. The van der Waals surface area contributed by atoms with Crippen LogP contribution in [0.1, 0.15) is 0 Å². The van der Waals surface area contributed by atoms with Crippen LogP contribution in [0.25, 0.3) is 0 Å². The van der Waals surface area contributed by atoms with E-state index in [0.29, 0.717) is 5.02 Å². The van der Waals surface area contributed by atoms with E-state index in [1.165, 1.54) is 30.6 Å². The number of ether oxygens (including phenoxy) is 1. The lowest BCUT2D eigenvalue weighted by atomic mass is 10.3. The van der Waals surface area contributed by atoms with E-state index in [4.69, 9.17) is 27.9 Å². The molecule has 0 aliphatic rings. The molecule has 0 bridgehead atoms. The Morgan fingerprint density at radius 2 is 2.06 bits per heavy atom. The minimum Gasteiger partial charge on any atom is -0.430 e. The molecule has 0 aliphatic carbocycles. The Balaban J connectivity index is 2.39. The molecule has 92 valence electrons. The Hall–Kier alpha value is -1.92. The zero-order valence-corrected chi connectivity index (χ0v) is 10.2. The van der Waals surface area contributed by atoms with Crippen LogP contribution in [0.3, 0.4) is 0 Å². The molecule has 1 aromatic heterocycles. The maximum absolute atomic E-state index is 10.8. The zero-order chi connectivity index (χ0) is 13.1. The third-order valence-corrected chi connectivity index (χ3v) is 2.33. The summed E-state index contributed by atoms with van der Waals surface area (Å²) in [6.45, 7) is 0. The van der Waals surface area contributed by atoms with E-state index < -0.39 is 4.92 Å². The Morgan fingerprint density at radius 1 is 1.28 bits per heavy atom. The molecule has 0 atom stereocenters. The molecule has 0 amide bonds. The number of benzene rings is 1. The summed E-state index contributed by atoms with van der Waals surface area (Å²) in [5, 5.41) is 11.2. The molecule has 8 heteroatoms. The molecule has 2 aromatic rings. The van der Waals surface area contributed by atoms with Crippen molar-refractivity contribution >= 4 is 28.9 Å². The van der Waals surface area contributed by atoms with E-state index in [1.807, 2.05) is 0 Å². The maximum atomic E-state index is 10.8. The van der Waals surface area contributed by atoms with Crippen LogP contribution in [0.5, 0.6) is 11.6 Å². The molecule has 0 saturated carbocycles. The van der Waals surface area contributed by atoms with Gasteiger partial charge in [0.2, 0.25) is 11.6 Å². The highest BCUT2D eigenvalue weighted by Crippen LogP contribution is 2.32. The van der Waals surface area contributed by atoms with Crippen molar-refractivity contribution in [2.75, 3.05) is 0 Å². The second-order valence-electron chi connectivity index (χ2n) is 3.15. The standard InChI is InChI=1S/C10H5Cl2N3O3/c11-6-1-2-7(15(16)17)8(3-6)18-10-5-13-4-9(12)14-10/h1-5H. The first-order valence-corrected chi connectivity index (χ1v) is 5.41. The summed E-state index contributed by atoms with van der Waals surface area (Å²) in [6.07, 6.45) is 2.61. The van der Waals surface area contributed by atoms with Gasteiger partial charge in [-0.1, -0.05) is 23.2 Å². The Labute approximate surface area is 111 Å². The van der Waals surface area contributed by atoms with Crippen LogP contribution in [0, 0.1) is 10.1 Å². The third kappa shape index (κ3) is 2.85. The summed E-state index contributed by atoms with van der Waals surface area (Å²) in [5.74, 6) is 0.0249. The molecule has 0 N–H and O–H groups in total. The van der Waals surface area contributed by atoms with Crippen molar-refractivity contribution in [1.82, 2.24) is 9.97 Å². The summed E-state index contributed by atoms with van der Waals surface area (Å²) in [7, 11) is 0. The second kappa shape index (κ2) is 5.16. The third-order valence-electron chi connectivity index (χ3n) is 1.92. The molecule has 0 fully saturated rings. The largest absolute Gasteiger partial charge is 0.430 e. The van der Waals surface area contributed by atoms with Crippen molar-refractivity contribution in [2.24, 2.45) is 0 Å². The van der Waals surface area contributed by atoms with Crippen LogP contribution in [-0.4, -0.2) is 14.9 Å². The number of rotatable bonds is 3. The van der Waals surface area contributed by atoms with Crippen molar-refractivity contribution in [1.29, 1.82) is 0 Å². The molecule has 0 spiro atoms. The molecule has 6 nitrogen and oxygen atoms in total. The van der Waals surface area contributed by atoms with Crippen LogP contribution >= 0.6 is 23.2 Å². The van der Waals surface area contributed by atoms with E-state index in [0.717, 1.165) is 0 Å². The fourth-order valence-electron chi connectivity index (χ4n) is 1.21. The predicted molar refractivity (Wildman–Crippen MR) is 65.2 cm³/mol. The summed E-state index contributed by atoms with van der Waals surface area (Å²) >= 11 is 11.4. The van der Waals surface area contributed by atoms with Crippen molar-refractivity contribution in [2.45, 2.75) is 0 Å². The van der Waals surface area contributed by atoms with Gasteiger partial charge in [0, 0.05) is 17.2 Å². The topological polar surface area (TPSA) is 78.2 Å². The quantitative estimate of drug-likeness (QED) is 0.637. The number of halogens is 2. The van der Waals surface area contributed by atoms with E-state index in [2.05, 4.69) is 9.97 Å². The van der Waals surface area contributed by atoms with Crippen LogP contribution in [0.15, 0.2) is 30.6 Å². The Morgan fingerprint density at radius 3 is 2.72 bits per heavy atom. The van der Waals surface area contributed by atoms with Gasteiger partial charge in [-0.25, -0.2) is 0 Å². The SMILES string of the molecule is O=[N+]([O-])c1ccc(Cl)cc1Oc1cncc(Cl)n1. The highest BCUT2D eigenvalue weighted by atomic mass is 35.5. The van der Waals surface area contributed by atoms with Gasteiger partial charge in [-0.3, -0.25) is 15.1 Å². The van der Waals surface area contributed by atoms with Gasteiger partial charge in [-0.2, -0.15) is 4.98 Å². The van der Waals surface area contributed by atoms with Gasteiger partial charge >= 0.3 is 5.69 Å². The van der Waals surface area contributed by atoms with Gasteiger partial charge in [0.05, 0.1) is 17.3 Å². The number of hydrogen-bond acceptors (Lipinski definition) is 5. The molecule has 0 aliphatic heterocycles. The highest BCUT2D eigenvalue weighted by Gasteiger charge is 2.16. The number of aromatic nitrogens is 2. The number of nitrogens with zero attached hydrogens (tertiary/aromatic N) is 3. The normalized spacial score (nSPS) is 10.1. The van der Waals surface area contributed by atoms with E-state index in [-0.39, 0.29) is 22.5 Å². The predicted octanol–water partition coefficient (Wildman–Crippen LogP) is 3.48. The van der Waals surface area contributed by atoms with Crippen molar-refractivity contribution < 1.29 is 9.66 Å².